The third-order valence-electron chi connectivity index (χ3n) is 3.44. The van der Waals surface area contributed by atoms with Gasteiger partial charge in [0.2, 0.25) is 5.91 Å². The zero-order chi connectivity index (χ0) is 16.7. The number of nitrogens with two attached hydrogens (primary N) is 1. The molecular weight excluding hydrogens is 328 g/mol. The van der Waals surface area contributed by atoms with Crippen molar-refractivity contribution >= 4 is 29.7 Å². The van der Waals surface area contributed by atoms with Crippen LogP contribution < -0.4 is 20.5 Å². The fourth-order valence-electron chi connectivity index (χ4n) is 2.24. The van der Waals surface area contributed by atoms with Crippen LogP contribution >= 0.6 is 12.4 Å². The maximum Gasteiger partial charge on any atom is 0.224 e. The Bertz CT molecular complexity index is 677. The van der Waals surface area contributed by atoms with E-state index in [0.717, 1.165) is 5.56 Å². The number of rotatable bonds is 7. The molecule has 0 unspecified atom stereocenters. The molecule has 2 rings (SSSR count). The molecule has 24 heavy (non-hydrogen) atoms. The highest BCUT2D eigenvalue weighted by Crippen LogP contribution is 2.29. The zero-order valence-electron chi connectivity index (χ0n) is 13.9. The summed E-state index contributed by atoms with van der Waals surface area (Å²) < 4.78 is 10.7. The van der Waals surface area contributed by atoms with Crippen molar-refractivity contribution in [2.45, 2.75) is 19.8 Å². The number of benzene rings is 2. The zero-order valence-corrected chi connectivity index (χ0v) is 14.7. The Kier molecular flexibility index (Phi) is 7.92. The van der Waals surface area contributed by atoms with Gasteiger partial charge in [-0.1, -0.05) is 18.2 Å². The third kappa shape index (κ3) is 5.35. The van der Waals surface area contributed by atoms with Gasteiger partial charge < -0.3 is 20.5 Å². The Hall–Kier alpha value is -2.40. The van der Waals surface area contributed by atoms with Gasteiger partial charge in [-0.25, -0.2) is 0 Å². The van der Waals surface area contributed by atoms with Gasteiger partial charge in [0.15, 0.2) is 0 Å². The van der Waals surface area contributed by atoms with Gasteiger partial charge >= 0.3 is 0 Å². The quantitative estimate of drug-likeness (QED) is 0.747. The van der Waals surface area contributed by atoms with Crippen molar-refractivity contribution in [1.29, 1.82) is 0 Å². The molecule has 0 radical (unpaired) electrons. The number of amides is 1. The molecule has 6 heteroatoms. The predicted molar refractivity (Wildman–Crippen MR) is 99.2 cm³/mol. The van der Waals surface area contributed by atoms with Crippen LogP contribution in [0.2, 0.25) is 0 Å². The fourth-order valence-corrected chi connectivity index (χ4v) is 2.24. The summed E-state index contributed by atoms with van der Waals surface area (Å²) >= 11 is 0. The molecule has 0 aromatic heterocycles. The van der Waals surface area contributed by atoms with Crippen molar-refractivity contribution in [1.82, 2.24) is 0 Å². The molecule has 0 atom stereocenters. The van der Waals surface area contributed by atoms with Crippen LogP contribution in [0.1, 0.15) is 18.9 Å². The molecule has 0 aliphatic rings. The Morgan fingerprint density at radius 2 is 1.96 bits per heavy atom. The molecule has 0 saturated carbocycles. The second-order valence-corrected chi connectivity index (χ2v) is 5.04. The topological polar surface area (TPSA) is 73.6 Å². The first-order valence-electron chi connectivity index (χ1n) is 7.58. The smallest absolute Gasteiger partial charge is 0.224 e. The van der Waals surface area contributed by atoms with Gasteiger partial charge in [-0.05, 0) is 37.1 Å². The minimum absolute atomic E-state index is 0. The van der Waals surface area contributed by atoms with E-state index >= 15 is 0 Å². The number of carbonyl (C=O) groups excluding carboxylic acids is 1. The predicted octanol–water partition coefficient (Wildman–Crippen LogP) is 3.67. The monoisotopic (exact) mass is 350 g/mol. The molecule has 5 nitrogen and oxygen atoms in total. The molecule has 0 heterocycles. The first-order valence-corrected chi connectivity index (χ1v) is 7.58. The van der Waals surface area contributed by atoms with Crippen molar-refractivity contribution in [2.24, 2.45) is 0 Å². The first kappa shape index (κ1) is 19.6. The minimum Gasteiger partial charge on any atom is -0.497 e. The van der Waals surface area contributed by atoms with Crippen molar-refractivity contribution < 1.29 is 14.3 Å². The number of carbonyl (C=O) groups is 1. The van der Waals surface area contributed by atoms with E-state index in [1.54, 1.807) is 25.3 Å². The Labute approximate surface area is 148 Å². The number of hydrogen-bond donors (Lipinski definition) is 2. The lowest BCUT2D eigenvalue weighted by Gasteiger charge is -2.13. The average Bonchev–Trinajstić information content (AvgIpc) is 2.56. The number of hydrogen-bond acceptors (Lipinski definition) is 4. The maximum absolute atomic E-state index is 12.2. The second kappa shape index (κ2) is 9.67. The van der Waals surface area contributed by atoms with Gasteiger partial charge in [-0.3, -0.25) is 4.79 Å². The van der Waals surface area contributed by atoms with Gasteiger partial charge in [0, 0.05) is 18.2 Å². The average molecular weight is 351 g/mol. The van der Waals surface area contributed by atoms with Crippen molar-refractivity contribution in [3.05, 3.63) is 48.0 Å². The maximum atomic E-state index is 12.2. The van der Waals surface area contributed by atoms with Crippen LogP contribution in [0.15, 0.2) is 42.5 Å². The number of nitrogen functional groups attached to an aromatic ring is 1. The summed E-state index contributed by atoms with van der Waals surface area (Å²) in [5, 5.41) is 2.88. The normalized spacial score (nSPS) is 9.75. The van der Waals surface area contributed by atoms with E-state index in [9.17, 15) is 4.79 Å². The van der Waals surface area contributed by atoms with Gasteiger partial charge in [0.25, 0.3) is 0 Å². The Balaban J connectivity index is 0.00000288. The molecule has 0 spiro atoms. The summed E-state index contributed by atoms with van der Waals surface area (Å²) in [6, 6.07) is 12.9. The Morgan fingerprint density at radius 1 is 1.21 bits per heavy atom. The molecule has 0 aliphatic carbocycles. The van der Waals surface area contributed by atoms with Crippen LogP contribution in [0.4, 0.5) is 11.4 Å². The second-order valence-electron chi connectivity index (χ2n) is 5.04. The van der Waals surface area contributed by atoms with E-state index < -0.39 is 0 Å². The van der Waals surface area contributed by atoms with Gasteiger partial charge in [0.1, 0.15) is 11.5 Å². The lowest BCUT2D eigenvalue weighted by molar-refractivity contribution is -0.116. The van der Waals surface area contributed by atoms with E-state index in [2.05, 4.69) is 5.32 Å². The van der Waals surface area contributed by atoms with E-state index in [4.69, 9.17) is 15.2 Å². The number of aryl methyl sites for hydroxylation is 1. The number of nitrogens with one attached hydrogen (secondary N) is 1. The van der Waals surface area contributed by atoms with Crippen LogP contribution in [0.5, 0.6) is 11.5 Å². The highest BCUT2D eigenvalue weighted by atomic mass is 35.5. The number of anilines is 2. The van der Waals surface area contributed by atoms with Crippen molar-refractivity contribution in [3.63, 3.8) is 0 Å². The molecule has 0 bridgehead atoms. The minimum atomic E-state index is -0.0949. The summed E-state index contributed by atoms with van der Waals surface area (Å²) in [7, 11) is 1.58. The molecule has 0 saturated heterocycles. The molecular formula is C18H23ClN2O3. The largest absolute Gasteiger partial charge is 0.497 e. The summed E-state index contributed by atoms with van der Waals surface area (Å²) in [5.74, 6) is 1.19. The van der Waals surface area contributed by atoms with E-state index in [0.29, 0.717) is 42.3 Å². The summed E-state index contributed by atoms with van der Waals surface area (Å²) in [5.41, 5.74) is 8.18. The summed E-state index contributed by atoms with van der Waals surface area (Å²) in [6.45, 7) is 2.42. The number of halogens is 1. The molecule has 2 aromatic rings. The number of ether oxygens (including phenoxy) is 2. The van der Waals surface area contributed by atoms with E-state index in [1.807, 2.05) is 31.2 Å². The highest BCUT2D eigenvalue weighted by Gasteiger charge is 2.10. The van der Waals surface area contributed by atoms with Crippen LogP contribution in [-0.4, -0.2) is 19.6 Å². The van der Waals surface area contributed by atoms with Gasteiger partial charge in [0.05, 0.1) is 19.4 Å². The van der Waals surface area contributed by atoms with Crippen LogP contribution in [0.3, 0.4) is 0 Å². The van der Waals surface area contributed by atoms with E-state index in [-0.39, 0.29) is 18.3 Å². The lowest BCUT2D eigenvalue weighted by Crippen LogP contribution is -2.14. The van der Waals surface area contributed by atoms with Gasteiger partial charge in [-0.15, -0.1) is 12.4 Å². The molecule has 0 aliphatic heterocycles. The fraction of sp³-hybridized carbons (Fsp3) is 0.278. The van der Waals surface area contributed by atoms with Crippen molar-refractivity contribution in [2.75, 3.05) is 24.8 Å². The molecule has 0 fully saturated rings. The van der Waals surface area contributed by atoms with Gasteiger partial charge in [-0.2, -0.15) is 0 Å². The third-order valence-corrected chi connectivity index (χ3v) is 3.44. The lowest BCUT2D eigenvalue weighted by atomic mass is 10.1. The van der Waals surface area contributed by atoms with Crippen LogP contribution in [-0.2, 0) is 11.2 Å². The molecule has 3 N–H and O–H groups in total. The molecule has 1 amide bonds. The molecule has 2 aromatic carbocycles. The van der Waals surface area contributed by atoms with Crippen LogP contribution in [0.25, 0.3) is 0 Å². The highest BCUT2D eigenvalue weighted by molar-refractivity contribution is 5.92. The van der Waals surface area contributed by atoms with Crippen LogP contribution in [0, 0.1) is 0 Å². The Morgan fingerprint density at radius 3 is 2.62 bits per heavy atom. The summed E-state index contributed by atoms with van der Waals surface area (Å²) in [4.78, 5) is 12.2. The van der Waals surface area contributed by atoms with Crippen molar-refractivity contribution in [3.8, 4) is 11.5 Å². The first-order chi connectivity index (χ1) is 11.1. The van der Waals surface area contributed by atoms with E-state index in [1.165, 1.54) is 0 Å². The number of methoxy groups -OCH3 is 1. The summed E-state index contributed by atoms with van der Waals surface area (Å²) in [6.07, 6.45) is 0.934. The SMILES string of the molecule is CCOc1ccc(OC)cc1NC(=O)CCc1ccccc1N.Cl. The number of para-hydroxylation sites is 1. The standard InChI is InChI=1S/C18H22N2O3.ClH/c1-3-23-17-10-9-14(22-2)12-16(17)20-18(21)11-8-13-6-4-5-7-15(13)19;/h4-7,9-10,12H,3,8,11,19H2,1-2H3,(H,20,21);1H. The molecule has 130 valence electrons.